The van der Waals surface area contributed by atoms with E-state index >= 15 is 0 Å². The third-order valence-corrected chi connectivity index (χ3v) is 4.23. The van der Waals surface area contributed by atoms with E-state index in [1.165, 1.54) is 0 Å². The van der Waals surface area contributed by atoms with Gasteiger partial charge in [0.05, 0.1) is 6.04 Å². The van der Waals surface area contributed by atoms with Gasteiger partial charge in [-0.2, -0.15) is 0 Å². The third kappa shape index (κ3) is 9.99. The summed E-state index contributed by atoms with van der Waals surface area (Å²) >= 11 is 0. The molecule has 0 aliphatic rings. The van der Waals surface area contributed by atoms with Crippen molar-refractivity contribution < 1.29 is 24.0 Å². The molecule has 1 aromatic carbocycles. The highest BCUT2D eigenvalue weighted by molar-refractivity contribution is 5.92. The maximum Gasteiger partial charge on any atom is 0.408 e. The van der Waals surface area contributed by atoms with Gasteiger partial charge < -0.3 is 15.4 Å². The van der Waals surface area contributed by atoms with E-state index in [1.54, 1.807) is 0 Å². The van der Waals surface area contributed by atoms with Crippen LogP contribution in [0.3, 0.4) is 0 Å². The molecule has 9 nitrogen and oxygen atoms in total. The number of Topliss-reactive ketones (excluding diaryl/α,β-unsaturated/α-hetero) is 1. The van der Waals surface area contributed by atoms with Gasteiger partial charge in [-0.15, -0.1) is 0 Å². The zero-order chi connectivity index (χ0) is 22.7. The number of carbonyl (C=O) groups excluding carboxylic acids is 3. The van der Waals surface area contributed by atoms with E-state index in [1.807, 2.05) is 58.0 Å². The summed E-state index contributed by atoms with van der Waals surface area (Å²) in [7, 11) is 0. The number of ketones is 1. The van der Waals surface area contributed by atoms with Crippen molar-refractivity contribution in [3.8, 4) is 0 Å². The Morgan fingerprint density at radius 3 is 2.07 bits per heavy atom. The van der Waals surface area contributed by atoms with Crippen LogP contribution in [0.5, 0.6) is 0 Å². The smallest absolute Gasteiger partial charge is 0.408 e. The maximum absolute atomic E-state index is 12.8. The lowest BCUT2D eigenvalue weighted by molar-refractivity contribution is -0.467. The van der Waals surface area contributed by atoms with Crippen molar-refractivity contribution in [2.75, 3.05) is 6.54 Å². The van der Waals surface area contributed by atoms with E-state index in [0.29, 0.717) is 6.42 Å². The fourth-order valence-corrected chi connectivity index (χ4v) is 2.86. The van der Waals surface area contributed by atoms with Crippen LogP contribution in [0, 0.1) is 22.0 Å². The summed E-state index contributed by atoms with van der Waals surface area (Å²) in [6.07, 6.45) is -0.160. The van der Waals surface area contributed by atoms with E-state index in [-0.39, 0.29) is 24.9 Å². The number of alkyl carbamates (subject to hydrolysis) is 1. The van der Waals surface area contributed by atoms with Crippen LogP contribution < -0.4 is 10.6 Å². The molecule has 0 bridgehead atoms. The molecule has 0 aliphatic carbocycles. The van der Waals surface area contributed by atoms with Crippen molar-refractivity contribution >= 4 is 17.8 Å². The maximum atomic E-state index is 12.8. The SMILES string of the molecule is CC(C)C[C@H](NC(=O)[C@H](CC(C)C)NC(=O)OCc1ccccc1)C(=O)C[N+](=O)[O-]. The van der Waals surface area contributed by atoms with Gasteiger partial charge in [0.1, 0.15) is 12.6 Å². The molecule has 1 rings (SSSR count). The highest BCUT2D eigenvalue weighted by Crippen LogP contribution is 2.10. The number of amides is 2. The molecule has 0 unspecified atom stereocenters. The number of rotatable bonds is 12. The molecule has 9 heteroatoms. The van der Waals surface area contributed by atoms with Gasteiger partial charge in [0, 0.05) is 4.92 Å². The largest absolute Gasteiger partial charge is 0.445 e. The number of nitrogens with zero attached hydrogens (tertiary/aromatic N) is 1. The number of nitrogens with one attached hydrogen (secondary N) is 2. The lowest BCUT2D eigenvalue weighted by atomic mass is 9.98. The first kappa shape index (κ1) is 25.1. The number of nitro groups is 1. The first-order valence-corrected chi connectivity index (χ1v) is 10.0. The molecule has 0 aliphatic heterocycles. The predicted molar refractivity (Wildman–Crippen MR) is 111 cm³/mol. The van der Waals surface area contributed by atoms with E-state index in [2.05, 4.69) is 10.6 Å². The Balaban J connectivity index is 2.78. The fourth-order valence-electron chi connectivity index (χ4n) is 2.86. The van der Waals surface area contributed by atoms with Gasteiger partial charge in [0.15, 0.2) is 0 Å². The van der Waals surface area contributed by atoms with Crippen molar-refractivity contribution in [2.24, 2.45) is 11.8 Å². The van der Waals surface area contributed by atoms with Crippen molar-refractivity contribution in [1.29, 1.82) is 0 Å². The molecule has 0 saturated carbocycles. The molecule has 30 heavy (non-hydrogen) atoms. The number of ether oxygens (including phenoxy) is 1. The third-order valence-electron chi connectivity index (χ3n) is 4.23. The summed E-state index contributed by atoms with van der Waals surface area (Å²) in [5.41, 5.74) is 0.805. The molecule has 2 atom stereocenters. The summed E-state index contributed by atoms with van der Waals surface area (Å²) in [5, 5.41) is 15.8. The molecule has 0 heterocycles. The number of hydrogen-bond acceptors (Lipinski definition) is 6. The first-order valence-electron chi connectivity index (χ1n) is 10.0. The lowest BCUT2D eigenvalue weighted by Crippen LogP contribution is -2.53. The lowest BCUT2D eigenvalue weighted by Gasteiger charge is -2.24. The number of carbonyl (C=O) groups is 3. The Morgan fingerprint density at radius 2 is 1.53 bits per heavy atom. The van der Waals surface area contributed by atoms with E-state index in [9.17, 15) is 24.5 Å². The Morgan fingerprint density at radius 1 is 0.967 bits per heavy atom. The minimum absolute atomic E-state index is 0.0401. The highest BCUT2D eigenvalue weighted by Gasteiger charge is 2.30. The van der Waals surface area contributed by atoms with Gasteiger partial charge in [-0.3, -0.25) is 19.7 Å². The van der Waals surface area contributed by atoms with Gasteiger partial charge in [-0.05, 0) is 30.2 Å². The van der Waals surface area contributed by atoms with Crippen LogP contribution in [0.4, 0.5) is 4.79 Å². The van der Waals surface area contributed by atoms with Crippen molar-refractivity contribution in [3.05, 3.63) is 46.0 Å². The van der Waals surface area contributed by atoms with Gasteiger partial charge in [-0.25, -0.2) is 4.79 Å². The predicted octanol–water partition coefficient (Wildman–Crippen LogP) is 2.70. The van der Waals surface area contributed by atoms with Gasteiger partial charge >= 0.3 is 6.09 Å². The van der Waals surface area contributed by atoms with Crippen LogP contribution >= 0.6 is 0 Å². The Hall–Kier alpha value is -2.97. The second-order valence-corrected chi connectivity index (χ2v) is 8.04. The minimum atomic E-state index is -0.986. The average Bonchev–Trinajstić information content (AvgIpc) is 2.64. The summed E-state index contributed by atoms with van der Waals surface area (Å²) in [6.45, 7) is 6.67. The van der Waals surface area contributed by atoms with Crippen molar-refractivity contribution in [3.63, 3.8) is 0 Å². The van der Waals surface area contributed by atoms with Crippen LogP contribution in [0.25, 0.3) is 0 Å². The second-order valence-electron chi connectivity index (χ2n) is 8.04. The molecular weight excluding hydrogens is 390 g/mol. The van der Waals surface area contributed by atoms with E-state index in [4.69, 9.17) is 4.74 Å². The van der Waals surface area contributed by atoms with Crippen LogP contribution in [-0.2, 0) is 20.9 Å². The standard InChI is InChI=1S/C21H31N3O6/c1-14(2)10-17(19(25)12-24(28)29)22-20(26)18(11-15(3)4)23-21(27)30-13-16-8-6-5-7-9-16/h5-9,14-15,17-18H,10-13H2,1-4H3,(H,22,26)(H,23,27)/t17-,18-/m0/s1. The first-order chi connectivity index (χ1) is 14.1. The summed E-state index contributed by atoms with van der Waals surface area (Å²) < 4.78 is 5.17. The summed E-state index contributed by atoms with van der Waals surface area (Å²) in [4.78, 5) is 47.1. The zero-order valence-corrected chi connectivity index (χ0v) is 17.9. The van der Waals surface area contributed by atoms with E-state index < -0.39 is 41.3 Å². The quantitative estimate of drug-likeness (QED) is 0.394. The number of benzene rings is 1. The van der Waals surface area contributed by atoms with E-state index in [0.717, 1.165) is 5.56 Å². The highest BCUT2D eigenvalue weighted by atomic mass is 16.6. The molecule has 0 aromatic heterocycles. The molecule has 2 amide bonds. The van der Waals surface area contributed by atoms with Crippen LogP contribution in [0.1, 0.15) is 46.1 Å². The zero-order valence-electron chi connectivity index (χ0n) is 17.9. The number of hydrogen-bond donors (Lipinski definition) is 2. The second kappa shape index (κ2) is 12.6. The van der Waals surface area contributed by atoms with Crippen molar-refractivity contribution in [1.82, 2.24) is 10.6 Å². The Bertz CT molecular complexity index is 721. The van der Waals surface area contributed by atoms with Crippen LogP contribution in [0.15, 0.2) is 30.3 Å². The Labute approximate surface area is 176 Å². The van der Waals surface area contributed by atoms with Gasteiger partial charge in [0.2, 0.25) is 11.7 Å². The van der Waals surface area contributed by atoms with Crippen LogP contribution in [-0.4, -0.2) is 41.3 Å². The van der Waals surface area contributed by atoms with Gasteiger partial charge in [0.25, 0.3) is 6.54 Å². The normalized spacial score (nSPS) is 12.9. The molecule has 2 N–H and O–H groups in total. The summed E-state index contributed by atoms with van der Waals surface area (Å²) in [6, 6.07) is 7.20. The van der Waals surface area contributed by atoms with Gasteiger partial charge in [-0.1, -0.05) is 58.0 Å². The fraction of sp³-hybridized carbons (Fsp3) is 0.571. The molecule has 166 valence electrons. The van der Waals surface area contributed by atoms with Crippen molar-refractivity contribution in [2.45, 2.75) is 59.2 Å². The van der Waals surface area contributed by atoms with Crippen LogP contribution in [0.2, 0.25) is 0 Å². The average molecular weight is 421 g/mol. The molecule has 1 aromatic rings. The molecular formula is C21H31N3O6. The minimum Gasteiger partial charge on any atom is -0.445 e. The molecule has 0 saturated heterocycles. The monoisotopic (exact) mass is 421 g/mol. The Kier molecular flexibility index (Phi) is 10.5. The summed E-state index contributed by atoms with van der Waals surface area (Å²) in [5.74, 6) is -1.12. The molecule has 0 radical (unpaired) electrons. The molecule has 0 fully saturated rings. The molecule has 0 spiro atoms. The topological polar surface area (TPSA) is 128 Å².